The van der Waals surface area contributed by atoms with Crippen molar-refractivity contribution in [1.29, 1.82) is 0 Å². The van der Waals surface area contributed by atoms with E-state index < -0.39 is 18.0 Å². The predicted molar refractivity (Wildman–Crippen MR) is 146 cm³/mol. The van der Waals surface area contributed by atoms with Crippen molar-refractivity contribution >= 4 is 24.0 Å². The molecule has 3 atom stereocenters. The summed E-state index contributed by atoms with van der Waals surface area (Å²) in [5, 5.41) is 19.4. The molecule has 0 aliphatic heterocycles. The number of benzene rings is 2. The zero-order chi connectivity index (χ0) is 27.2. The minimum Gasteiger partial charge on any atom is -0.515 e. The van der Waals surface area contributed by atoms with E-state index in [-0.39, 0.29) is 40.5 Å². The quantitative estimate of drug-likeness (QED) is 0.226. The van der Waals surface area contributed by atoms with Crippen LogP contribution in [0.25, 0.3) is 0 Å². The third kappa shape index (κ3) is 8.05. The van der Waals surface area contributed by atoms with Crippen molar-refractivity contribution in [3.05, 3.63) is 80.6 Å². The summed E-state index contributed by atoms with van der Waals surface area (Å²) in [5.74, 6) is -1.22. The number of aliphatic hydroxyl groups excluding tert-OH is 2. The number of carbonyl (C=O) groups is 2. The van der Waals surface area contributed by atoms with Crippen molar-refractivity contribution in [3.8, 4) is 0 Å². The number of carbonyl (C=O) groups excluding carboxylic acids is 2. The normalized spacial score (nSPS) is 14.5. The predicted octanol–water partition coefficient (Wildman–Crippen LogP) is 5.69. The van der Waals surface area contributed by atoms with Crippen LogP contribution in [0.3, 0.4) is 0 Å². The number of nitrogens with zero attached hydrogens (tertiary/aromatic N) is 2. The van der Waals surface area contributed by atoms with Crippen LogP contribution in [0.1, 0.15) is 70.4 Å². The minimum atomic E-state index is -0.728. The molecule has 0 saturated heterocycles. The summed E-state index contributed by atoms with van der Waals surface area (Å²) in [6.45, 7) is 14.6. The molecule has 6 nitrogen and oxygen atoms in total. The van der Waals surface area contributed by atoms with E-state index in [1.165, 1.54) is 26.3 Å². The molecule has 2 rings (SSSR count). The van der Waals surface area contributed by atoms with E-state index in [0.717, 1.165) is 50.8 Å². The number of hydrogen-bond donors (Lipinski definition) is 2. The van der Waals surface area contributed by atoms with Gasteiger partial charge in [-0.15, -0.1) is 0 Å². The van der Waals surface area contributed by atoms with Gasteiger partial charge in [0.15, 0.2) is 5.78 Å². The Hall–Kier alpha value is -2.87. The van der Waals surface area contributed by atoms with Crippen LogP contribution in [-0.4, -0.2) is 40.8 Å². The third-order valence-corrected chi connectivity index (χ3v) is 6.43. The van der Waals surface area contributed by atoms with Crippen molar-refractivity contribution in [3.63, 3.8) is 0 Å². The smallest absolute Gasteiger partial charge is 0.515 e. The van der Waals surface area contributed by atoms with Gasteiger partial charge in [-0.2, -0.15) is 0 Å². The topological polar surface area (TPSA) is 99.3 Å². The maximum absolute atomic E-state index is 12.1. The molecule has 37 heavy (non-hydrogen) atoms. The fraction of sp³-hybridized carbons (Fsp3) is 0.400. The van der Waals surface area contributed by atoms with E-state index in [4.69, 9.17) is 9.98 Å². The first-order valence-corrected chi connectivity index (χ1v) is 12.1. The van der Waals surface area contributed by atoms with E-state index in [1.807, 2.05) is 41.5 Å². The van der Waals surface area contributed by atoms with Gasteiger partial charge in [0.2, 0.25) is 0 Å². The molecular formula is C30H38CoN2O4+2. The van der Waals surface area contributed by atoms with Crippen LogP contribution in [0.2, 0.25) is 0 Å². The SMILES string of the molecule is CC(=O)C(C=N[C@H](c1c(C)cc(C)cc1C)[C@H](N=CC(CO)C(C)=O)c1c(C)cc(C)cc1C)=CO.[Co+2]. The second kappa shape index (κ2) is 14.2. The Kier molecular flexibility index (Phi) is 12.3. The third-order valence-electron chi connectivity index (χ3n) is 6.43. The van der Waals surface area contributed by atoms with Crippen LogP contribution < -0.4 is 0 Å². The fourth-order valence-electron chi connectivity index (χ4n) is 4.80. The maximum atomic E-state index is 12.1. The molecule has 2 N–H and O–H groups in total. The van der Waals surface area contributed by atoms with Crippen LogP contribution >= 0.6 is 0 Å². The molecule has 199 valence electrons. The maximum Gasteiger partial charge on any atom is 2.00 e. The van der Waals surface area contributed by atoms with Gasteiger partial charge in [0.05, 0.1) is 24.4 Å². The molecular weight excluding hydrogens is 511 g/mol. The Morgan fingerprint density at radius 1 is 0.811 bits per heavy atom. The fourth-order valence-corrected chi connectivity index (χ4v) is 4.80. The molecule has 0 bridgehead atoms. The molecule has 0 aromatic heterocycles. The van der Waals surface area contributed by atoms with Crippen molar-refractivity contribution in [1.82, 2.24) is 0 Å². The summed E-state index contributed by atoms with van der Waals surface area (Å²) in [4.78, 5) is 33.8. The van der Waals surface area contributed by atoms with Crippen molar-refractivity contribution in [2.75, 3.05) is 6.61 Å². The molecule has 1 radical (unpaired) electrons. The van der Waals surface area contributed by atoms with Gasteiger partial charge < -0.3 is 10.2 Å². The summed E-state index contributed by atoms with van der Waals surface area (Å²) in [6.07, 6.45) is 3.67. The number of ketones is 2. The van der Waals surface area contributed by atoms with Gasteiger partial charge >= 0.3 is 16.8 Å². The van der Waals surface area contributed by atoms with Gasteiger partial charge in [-0.05, 0) is 88.8 Å². The van der Waals surface area contributed by atoms with Crippen LogP contribution in [0.15, 0.2) is 46.1 Å². The van der Waals surface area contributed by atoms with Gasteiger partial charge in [0, 0.05) is 12.4 Å². The molecule has 1 unspecified atom stereocenters. The van der Waals surface area contributed by atoms with Crippen LogP contribution in [0.5, 0.6) is 0 Å². The molecule has 0 saturated carbocycles. The first-order chi connectivity index (χ1) is 16.9. The second-order valence-corrected chi connectivity index (χ2v) is 9.63. The van der Waals surface area contributed by atoms with Gasteiger partial charge in [-0.1, -0.05) is 35.4 Å². The van der Waals surface area contributed by atoms with Gasteiger partial charge in [-0.3, -0.25) is 19.6 Å². The van der Waals surface area contributed by atoms with E-state index in [1.54, 1.807) is 0 Å². The molecule has 0 aliphatic carbocycles. The van der Waals surface area contributed by atoms with Gasteiger partial charge in [0.1, 0.15) is 17.9 Å². The van der Waals surface area contributed by atoms with E-state index in [9.17, 15) is 19.8 Å². The standard InChI is InChI=1S/C30H38N2O4.Co/c1-17-9-19(3)27(20(4)10-17)29(31-13-25(15-33)23(7)35)30(32-14-26(16-34)24(8)36)28-21(5)11-18(2)12-22(28)6;/h9-15,26,29-30,33-34H,16H2,1-8H3;/q;+2/t26?,29-,30-;/m1./s1. The minimum absolute atomic E-state index is 0. The molecule has 2 aromatic rings. The zero-order valence-electron chi connectivity index (χ0n) is 22.9. The molecule has 2 aromatic carbocycles. The Bertz CT molecular complexity index is 1180. The molecule has 0 fully saturated rings. The Labute approximate surface area is 230 Å². The molecule has 0 heterocycles. The van der Waals surface area contributed by atoms with E-state index in [0.29, 0.717) is 0 Å². The summed E-state index contributed by atoms with van der Waals surface area (Å²) in [7, 11) is 0. The second-order valence-electron chi connectivity index (χ2n) is 9.63. The zero-order valence-corrected chi connectivity index (χ0v) is 24.0. The Morgan fingerprint density at radius 2 is 1.22 bits per heavy atom. The first kappa shape index (κ1) is 32.2. The molecule has 7 heteroatoms. The van der Waals surface area contributed by atoms with Crippen LogP contribution in [-0.2, 0) is 26.4 Å². The molecule has 0 aliphatic rings. The van der Waals surface area contributed by atoms with E-state index in [2.05, 4.69) is 24.3 Å². The number of rotatable bonds is 10. The van der Waals surface area contributed by atoms with Crippen molar-refractivity contribution < 1.29 is 36.6 Å². The van der Waals surface area contributed by atoms with Crippen LogP contribution in [0.4, 0.5) is 0 Å². The summed E-state index contributed by atoms with van der Waals surface area (Å²) in [5.41, 5.74) is 8.38. The summed E-state index contributed by atoms with van der Waals surface area (Å²) >= 11 is 0. The van der Waals surface area contributed by atoms with Gasteiger partial charge in [-0.25, -0.2) is 0 Å². The average molecular weight is 550 g/mol. The summed E-state index contributed by atoms with van der Waals surface area (Å²) < 4.78 is 0. The first-order valence-electron chi connectivity index (χ1n) is 12.1. The van der Waals surface area contributed by atoms with E-state index >= 15 is 0 Å². The number of aryl methyl sites for hydroxylation is 6. The number of allylic oxidation sites excluding steroid dienone is 1. The summed E-state index contributed by atoms with van der Waals surface area (Å²) in [6, 6.07) is 7.25. The van der Waals surface area contributed by atoms with Gasteiger partial charge in [0.25, 0.3) is 0 Å². The average Bonchev–Trinajstić information content (AvgIpc) is 2.75. The number of Topliss-reactive ketones (excluding diaryl/α,β-unsaturated/α-hetero) is 2. The Morgan fingerprint density at radius 3 is 1.54 bits per heavy atom. The number of hydrogen-bond acceptors (Lipinski definition) is 6. The number of aliphatic imine (C=N–C) groups is 2. The monoisotopic (exact) mass is 549 g/mol. The van der Waals surface area contributed by atoms with Crippen LogP contribution in [0, 0.1) is 47.5 Å². The number of aliphatic hydroxyl groups is 2. The molecule has 0 amide bonds. The molecule has 0 spiro atoms. The Balaban J connectivity index is 0.00000684. The van der Waals surface area contributed by atoms with Crippen molar-refractivity contribution in [2.45, 2.75) is 67.5 Å². The largest absolute Gasteiger partial charge is 2.00 e. The van der Waals surface area contributed by atoms with Crippen molar-refractivity contribution in [2.24, 2.45) is 15.9 Å².